The van der Waals surface area contributed by atoms with Crippen molar-refractivity contribution in [3.05, 3.63) is 75.2 Å². The average molecular weight is 365 g/mol. The summed E-state index contributed by atoms with van der Waals surface area (Å²) in [5, 5.41) is 3.57. The van der Waals surface area contributed by atoms with Crippen molar-refractivity contribution in [1.29, 1.82) is 0 Å². The highest BCUT2D eigenvalue weighted by molar-refractivity contribution is 9.10. The molecular weight excluding hydrogens is 350 g/mol. The van der Waals surface area contributed by atoms with Crippen LogP contribution >= 0.6 is 27.5 Å². The van der Waals surface area contributed by atoms with Crippen LogP contribution in [0.2, 0.25) is 5.02 Å². The first-order valence-electron chi connectivity index (χ1n) is 6.59. The van der Waals surface area contributed by atoms with E-state index in [1.165, 1.54) is 0 Å². The number of benzene rings is 2. The first kappa shape index (κ1) is 15.8. The predicted octanol–water partition coefficient (Wildman–Crippen LogP) is 4.47. The molecule has 0 bridgehead atoms. The molecule has 2 aromatic carbocycles. The summed E-state index contributed by atoms with van der Waals surface area (Å²) in [5.41, 5.74) is 2.10. The zero-order chi connectivity index (χ0) is 15.1. The largest absolute Gasteiger partial charge is 0.352 e. The topological polar surface area (TPSA) is 29.1 Å². The molecule has 0 unspecified atom stereocenters. The van der Waals surface area contributed by atoms with Gasteiger partial charge in [0.1, 0.15) is 0 Å². The van der Waals surface area contributed by atoms with Gasteiger partial charge < -0.3 is 5.32 Å². The zero-order valence-corrected chi connectivity index (χ0v) is 13.7. The fraction of sp³-hybridized carbons (Fsp3) is 0.118. The van der Waals surface area contributed by atoms with Gasteiger partial charge in [0.25, 0.3) is 0 Å². The molecule has 0 fully saturated rings. The number of nitrogens with one attached hydrogen (secondary N) is 1. The molecule has 0 atom stereocenters. The Balaban J connectivity index is 1.78. The first-order chi connectivity index (χ1) is 10.1. The SMILES string of the molecule is O=C(/C=C/c1ccc(Br)cc1)NCCc1cccc(Cl)c1. The van der Waals surface area contributed by atoms with Gasteiger partial charge in [-0.15, -0.1) is 0 Å². The molecule has 0 aliphatic carbocycles. The Morgan fingerprint density at radius 3 is 2.67 bits per heavy atom. The molecule has 108 valence electrons. The molecule has 1 N–H and O–H groups in total. The van der Waals surface area contributed by atoms with E-state index >= 15 is 0 Å². The molecule has 0 aliphatic heterocycles. The molecule has 2 aromatic rings. The summed E-state index contributed by atoms with van der Waals surface area (Å²) in [6, 6.07) is 15.4. The molecule has 0 saturated heterocycles. The van der Waals surface area contributed by atoms with Crippen LogP contribution in [-0.2, 0) is 11.2 Å². The van der Waals surface area contributed by atoms with Crippen LogP contribution in [0.3, 0.4) is 0 Å². The highest BCUT2D eigenvalue weighted by atomic mass is 79.9. The van der Waals surface area contributed by atoms with Crippen molar-refractivity contribution in [2.45, 2.75) is 6.42 Å². The van der Waals surface area contributed by atoms with Crippen molar-refractivity contribution >= 4 is 39.5 Å². The van der Waals surface area contributed by atoms with Crippen LogP contribution in [-0.4, -0.2) is 12.5 Å². The van der Waals surface area contributed by atoms with Crippen molar-refractivity contribution in [1.82, 2.24) is 5.32 Å². The maximum Gasteiger partial charge on any atom is 0.244 e. The number of amides is 1. The lowest BCUT2D eigenvalue weighted by Crippen LogP contribution is -2.23. The van der Waals surface area contributed by atoms with Gasteiger partial charge in [0.05, 0.1) is 0 Å². The molecule has 2 rings (SSSR count). The Hall–Kier alpha value is -1.58. The van der Waals surface area contributed by atoms with Gasteiger partial charge in [0.2, 0.25) is 5.91 Å². The summed E-state index contributed by atoms with van der Waals surface area (Å²) >= 11 is 9.29. The number of halogens is 2. The minimum atomic E-state index is -0.0973. The monoisotopic (exact) mass is 363 g/mol. The molecule has 0 radical (unpaired) electrons. The van der Waals surface area contributed by atoms with Crippen molar-refractivity contribution in [3.63, 3.8) is 0 Å². The van der Waals surface area contributed by atoms with Gasteiger partial charge in [-0.25, -0.2) is 0 Å². The summed E-state index contributed by atoms with van der Waals surface area (Å²) < 4.78 is 1.02. The van der Waals surface area contributed by atoms with Gasteiger partial charge in [-0.05, 0) is 47.9 Å². The number of carbonyl (C=O) groups excluding carboxylic acids is 1. The van der Waals surface area contributed by atoms with Gasteiger partial charge in [0, 0.05) is 22.1 Å². The van der Waals surface area contributed by atoms with Crippen LogP contribution in [0.4, 0.5) is 0 Å². The first-order valence-corrected chi connectivity index (χ1v) is 7.76. The van der Waals surface area contributed by atoms with E-state index in [0.717, 1.165) is 22.0 Å². The van der Waals surface area contributed by atoms with Crippen LogP contribution in [0.25, 0.3) is 6.08 Å². The van der Waals surface area contributed by atoms with E-state index < -0.39 is 0 Å². The molecule has 0 aromatic heterocycles. The lowest BCUT2D eigenvalue weighted by atomic mass is 10.1. The average Bonchev–Trinajstić information content (AvgIpc) is 2.47. The van der Waals surface area contributed by atoms with E-state index in [1.807, 2.05) is 48.5 Å². The zero-order valence-electron chi connectivity index (χ0n) is 11.4. The van der Waals surface area contributed by atoms with Crippen molar-refractivity contribution in [3.8, 4) is 0 Å². The van der Waals surface area contributed by atoms with Gasteiger partial charge >= 0.3 is 0 Å². The normalized spacial score (nSPS) is 10.8. The van der Waals surface area contributed by atoms with Crippen molar-refractivity contribution in [2.24, 2.45) is 0 Å². The van der Waals surface area contributed by atoms with E-state index in [1.54, 1.807) is 12.2 Å². The summed E-state index contributed by atoms with van der Waals surface area (Å²) in [4.78, 5) is 11.7. The minimum Gasteiger partial charge on any atom is -0.352 e. The van der Waals surface area contributed by atoms with Crippen molar-refractivity contribution in [2.75, 3.05) is 6.54 Å². The van der Waals surface area contributed by atoms with E-state index in [-0.39, 0.29) is 5.91 Å². The number of hydrogen-bond donors (Lipinski definition) is 1. The van der Waals surface area contributed by atoms with E-state index in [2.05, 4.69) is 21.2 Å². The standard InChI is InChI=1S/C17H15BrClNO/c18-15-7-4-13(5-8-15)6-9-17(21)20-11-10-14-2-1-3-16(19)12-14/h1-9,12H,10-11H2,(H,20,21)/b9-6+. The fourth-order valence-corrected chi connectivity index (χ4v) is 2.30. The summed E-state index contributed by atoms with van der Waals surface area (Å²) in [6.45, 7) is 0.587. The molecule has 0 saturated carbocycles. The van der Waals surface area contributed by atoms with Gasteiger partial charge in [0.15, 0.2) is 0 Å². The van der Waals surface area contributed by atoms with Crippen LogP contribution in [0, 0.1) is 0 Å². The summed E-state index contributed by atoms with van der Waals surface area (Å²) in [6.07, 6.45) is 4.10. The Kier molecular flexibility index (Phi) is 6.03. The maximum absolute atomic E-state index is 11.7. The Bertz CT molecular complexity index is 637. The van der Waals surface area contributed by atoms with Crippen LogP contribution in [0.5, 0.6) is 0 Å². The van der Waals surface area contributed by atoms with Crippen molar-refractivity contribution < 1.29 is 4.79 Å². The van der Waals surface area contributed by atoms with E-state index in [4.69, 9.17) is 11.6 Å². The third-order valence-corrected chi connectivity index (χ3v) is 3.66. The lowest BCUT2D eigenvalue weighted by molar-refractivity contribution is -0.116. The highest BCUT2D eigenvalue weighted by Gasteiger charge is 1.97. The smallest absolute Gasteiger partial charge is 0.244 e. The maximum atomic E-state index is 11.7. The fourth-order valence-electron chi connectivity index (χ4n) is 1.83. The van der Waals surface area contributed by atoms with Gasteiger partial charge in [-0.2, -0.15) is 0 Å². The lowest BCUT2D eigenvalue weighted by Gasteiger charge is -2.03. The third kappa shape index (κ3) is 5.74. The molecule has 21 heavy (non-hydrogen) atoms. The molecule has 1 amide bonds. The van der Waals surface area contributed by atoms with Gasteiger partial charge in [-0.3, -0.25) is 4.79 Å². The van der Waals surface area contributed by atoms with Gasteiger partial charge in [-0.1, -0.05) is 51.8 Å². The summed E-state index contributed by atoms with van der Waals surface area (Å²) in [7, 11) is 0. The predicted molar refractivity (Wildman–Crippen MR) is 91.3 cm³/mol. The van der Waals surface area contributed by atoms with E-state index in [9.17, 15) is 4.79 Å². The second-order valence-electron chi connectivity index (χ2n) is 4.56. The van der Waals surface area contributed by atoms with E-state index in [0.29, 0.717) is 11.6 Å². The highest BCUT2D eigenvalue weighted by Crippen LogP contribution is 2.12. The second kappa shape index (κ2) is 8.01. The quantitative estimate of drug-likeness (QED) is 0.779. The van der Waals surface area contributed by atoms with Crippen LogP contribution < -0.4 is 5.32 Å². The number of carbonyl (C=O) groups is 1. The third-order valence-electron chi connectivity index (χ3n) is 2.90. The molecule has 2 nitrogen and oxygen atoms in total. The molecule has 4 heteroatoms. The number of rotatable bonds is 5. The Morgan fingerprint density at radius 1 is 1.19 bits per heavy atom. The number of hydrogen-bond acceptors (Lipinski definition) is 1. The van der Waals surface area contributed by atoms with Crippen LogP contribution in [0.1, 0.15) is 11.1 Å². The Labute approximate surface area is 138 Å². The molecule has 0 heterocycles. The molecule has 0 spiro atoms. The minimum absolute atomic E-state index is 0.0973. The second-order valence-corrected chi connectivity index (χ2v) is 5.91. The summed E-state index contributed by atoms with van der Waals surface area (Å²) in [5.74, 6) is -0.0973. The van der Waals surface area contributed by atoms with Crippen LogP contribution in [0.15, 0.2) is 59.1 Å². The molecular formula is C17H15BrClNO. The molecule has 0 aliphatic rings. The Morgan fingerprint density at radius 2 is 1.95 bits per heavy atom.